The first-order valence-corrected chi connectivity index (χ1v) is 9.22. The number of unbranched alkanes of at least 4 members (excludes halogenated alkanes) is 9. The Morgan fingerprint density at radius 3 is 1.83 bits per heavy atom. The predicted octanol–water partition coefficient (Wildman–Crippen LogP) is 4.50. The molecule has 0 saturated heterocycles. The van der Waals surface area contributed by atoms with E-state index in [1.807, 2.05) is 0 Å². The van der Waals surface area contributed by atoms with E-state index >= 15 is 0 Å². The molecule has 0 radical (unpaired) electrons. The third kappa shape index (κ3) is 13.2. The van der Waals surface area contributed by atoms with Crippen LogP contribution in [0.3, 0.4) is 0 Å². The fourth-order valence-corrected chi connectivity index (χ4v) is 2.51. The van der Waals surface area contributed by atoms with Crippen LogP contribution in [0.1, 0.15) is 71.1 Å². The van der Waals surface area contributed by atoms with E-state index in [-0.39, 0.29) is 0 Å². The Bertz CT molecular complexity index is 226. The molecule has 18 heavy (non-hydrogen) atoms. The zero-order chi connectivity index (χ0) is 13.7. The van der Waals surface area contributed by atoms with E-state index in [1.54, 1.807) is 0 Å². The van der Waals surface area contributed by atoms with E-state index < -0.39 is 7.82 Å². The molecule has 0 aromatic rings. The molecule has 0 fully saturated rings. The van der Waals surface area contributed by atoms with Crippen LogP contribution in [0.2, 0.25) is 0 Å². The van der Waals surface area contributed by atoms with Crippen molar-refractivity contribution in [3.8, 4) is 0 Å². The van der Waals surface area contributed by atoms with Gasteiger partial charge in [0.25, 0.3) is 0 Å². The second-order valence-corrected chi connectivity index (χ2v) is 7.00. The molecule has 1 unspecified atom stereocenters. The van der Waals surface area contributed by atoms with Gasteiger partial charge in [0.05, 0.1) is 0 Å². The molecule has 109 valence electrons. The van der Waals surface area contributed by atoms with E-state index in [1.165, 1.54) is 51.4 Å². The van der Waals surface area contributed by atoms with Crippen LogP contribution < -0.4 is 0 Å². The Labute approximate surface area is 123 Å². The normalized spacial score (nSPS) is 14.6. The molecule has 1 atom stereocenters. The van der Waals surface area contributed by atoms with Crippen molar-refractivity contribution >= 4 is 7.82 Å². The summed E-state index contributed by atoms with van der Waals surface area (Å²) in [5.41, 5.74) is 0. The molecule has 4 nitrogen and oxygen atoms in total. The van der Waals surface area contributed by atoms with Crippen LogP contribution in [0.25, 0.3) is 0 Å². The third-order valence-corrected chi connectivity index (χ3v) is 4.93. The Balaban J connectivity index is 3.10. The summed E-state index contributed by atoms with van der Waals surface area (Å²) in [6.45, 7) is 2.54. The average Bonchev–Trinajstić information content (AvgIpc) is 2.36. The van der Waals surface area contributed by atoms with Crippen LogP contribution in [0.4, 0.5) is 0 Å². The van der Waals surface area contributed by atoms with Gasteiger partial charge in [-0.1, -0.05) is 19.8 Å². The third-order valence-electron chi connectivity index (χ3n) is 2.85. The second-order valence-electron chi connectivity index (χ2n) is 4.56. The molecule has 0 aromatic heterocycles. The topological polar surface area (TPSA) is 55.8 Å². The van der Waals surface area contributed by atoms with Crippen molar-refractivity contribution in [3.05, 3.63) is 0 Å². The molecule has 0 aromatic carbocycles. The quantitative estimate of drug-likeness (QED) is 0.298. The minimum absolute atomic E-state index is 0.305. The van der Waals surface area contributed by atoms with Gasteiger partial charge in [-0.05, 0) is 0 Å². The number of phosphoric acid groups is 1. The van der Waals surface area contributed by atoms with Crippen molar-refractivity contribution in [3.63, 3.8) is 0 Å². The van der Waals surface area contributed by atoms with Gasteiger partial charge in [-0.2, -0.15) is 0 Å². The van der Waals surface area contributed by atoms with E-state index in [4.69, 9.17) is 9.42 Å². The molecule has 0 rings (SSSR count). The first-order valence-electron chi connectivity index (χ1n) is 6.91. The average molecular weight is 361 g/mol. The summed E-state index contributed by atoms with van der Waals surface area (Å²) in [5, 5.41) is 0. The van der Waals surface area contributed by atoms with Gasteiger partial charge in [-0.3, -0.25) is 0 Å². The van der Waals surface area contributed by atoms with Gasteiger partial charge in [0.2, 0.25) is 0 Å². The number of rotatable bonds is 13. The Hall–Kier alpha value is 0.798. The van der Waals surface area contributed by atoms with Crippen molar-refractivity contribution in [2.75, 3.05) is 6.61 Å². The van der Waals surface area contributed by atoms with E-state index in [2.05, 4.69) is 10.1 Å². The molecule has 0 bridgehead atoms. The molecule has 0 amide bonds. The van der Waals surface area contributed by atoms with Crippen molar-refractivity contribution < 1.29 is 37.4 Å². The zero-order valence-electron chi connectivity index (χ0n) is 11.3. The van der Waals surface area contributed by atoms with Crippen LogP contribution in [0, 0.1) is 0 Å². The van der Waals surface area contributed by atoms with Crippen molar-refractivity contribution in [1.82, 2.24) is 0 Å². The van der Waals surface area contributed by atoms with Gasteiger partial charge in [0, 0.05) is 0 Å². The summed E-state index contributed by atoms with van der Waals surface area (Å²) >= 11 is 1.11. The SMILES string of the molecule is CCCCCCCCCCCCOP(=O)(O)[O][Mo]. The van der Waals surface area contributed by atoms with Gasteiger partial charge >= 0.3 is 103 Å². The Kier molecular flexibility index (Phi) is 13.4. The monoisotopic (exact) mass is 363 g/mol. The molecular weight excluding hydrogens is 335 g/mol. The summed E-state index contributed by atoms with van der Waals surface area (Å²) in [7, 11) is -3.75. The molecule has 0 heterocycles. The van der Waals surface area contributed by atoms with E-state index in [9.17, 15) is 4.57 Å². The molecule has 1 N–H and O–H groups in total. The zero-order valence-corrected chi connectivity index (χ0v) is 14.2. The molecule has 0 aliphatic carbocycles. The Morgan fingerprint density at radius 1 is 0.944 bits per heavy atom. The van der Waals surface area contributed by atoms with Crippen molar-refractivity contribution in [1.29, 1.82) is 0 Å². The van der Waals surface area contributed by atoms with Gasteiger partial charge in [-0.15, -0.1) is 0 Å². The van der Waals surface area contributed by atoms with Crippen LogP contribution >= 0.6 is 7.82 Å². The van der Waals surface area contributed by atoms with Crippen molar-refractivity contribution in [2.24, 2.45) is 0 Å². The molecule has 0 spiro atoms. The molecule has 0 aliphatic heterocycles. The second kappa shape index (κ2) is 12.8. The van der Waals surface area contributed by atoms with Crippen LogP contribution in [0.5, 0.6) is 0 Å². The van der Waals surface area contributed by atoms with Gasteiger partial charge in [0.15, 0.2) is 0 Å². The first kappa shape index (κ1) is 18.8. The fourth-order valence-electron chi connectivity index (χ4n) is 1.79. The summed E-state index contributed by atoms with van der Waals surface area (Å²) in [6, 6.07) is 0. The fraction of sp³-hybridized carbons (Fsp3) is 1.00. The number of hydrogen-bond donors (Lipinski definition) is 1. The summed E-state index contributed by atoms with van der Waals surface area (Å²) < 4.78 is 20.0. The summed E-state index contributed by atoms with van der Waals surface area (Å²) in [4.78, 5) is 8.98. The number of hydrogen-bond acceptors (Lipinski definition) is 3. The first-order chi connectivity index (χ1) is 8.62. The number of phosphoric ester groups is 1. The van der Waals surface area contributed by atoms with E-state index in [0.29, 0.717) is 6.61 Å². The van der Waals surface area contributed by atoms with Gasteiger partial charge in [0.1, 0.15) is 0 Å². The molecular formula is C12H26MoO4P. The standard InChI is InChI=1S/C12H27O4P.Mo/c1-2-3-4-5-6-7-8-9-10-11-12-16-17(13,14)15;/h2-12H2,1H3,(H2,13,14,15);/q;+1/p-1. The molecule has 0 aliphatic rings. The van der Waals surface area contributed by atoms with Crippen LogP contribution in [-0.4, -0.2) is 11.5 Å². The molecule has 6 heteroatoms. The van der Waals surface area contributed by atoms with Crippen molar-refractivity contribution in [2.45, 2.75) is 71.1 Å². The van der Waals surface area contributed by atoms with Gasteiger partial charge in [-0.25, -0.2) is 0 Å². The van der Waals surface area contributed by atoms with Gasteiger partial charge < -0.3 is 0 Å². The molecule has 0 saturated carbocycles. The maximum atomic E-state index is 11.0. The van der Waals surface area contributed by atoms with E-state index in [0.717, 1.165) is 33.0 Å². The predicted molar refractivity (Wildman–Crippen MR) is 68.7 cm³/mol. The van der Waals surface area contributed by atoms with Crippen LogP contribution in [-0.2, 0) is 32.5 Å². The summed E-state index contributed by atoms with van der Waals surface area (Å²) in [5.74, 6) is 0. The van der Waals surface area contributed by atoms with Crippen LogP contribution in [0.15, 0.2) is 0 Å². The maximum absolute atomic E-state index is 11.0. The Morgan fingerprint density at radius 2 is 1.39 bits per heavy atom. The minimum atomic E-state index is -3.75. The summed E-state index contributed by atoms with van der Waals surface area (Å²) in [6.07, 6.45) is 12.4.